The minimum absolute atomic E-state index is 0.368. The summed E-state index contributed by atoms with van der Waals surface area (Å²) in [5, 5.41) is 22.0. The second-order valence-corrected chi connectivity index (χ2v) is 12.1. The van der Waals surface area contributed by atoms with Gasteiger partial charge in [-0.25, -0.2) is 0 Å². The first-order valence-corrected chi connectivity index (χ1v) is 15.1. The Morgan fingerprint density at radius 2 is 1.29 bits per heavy atom. The molecule has 0 aliphatic carbocycles. The van der Waals surface area contributed by atoms with Crippen LogP contribution in [0.5, 0.6) is 11.5 Å². The Labute approximate surface area is 233 Å². The molecule has 3 atom stereocenters. The SMILES string of the molecule is CCCCC1CN(Cc2c(C)cc(C(C)CC)c(O)c2C)CCN1Cc1c(C)cc(C(C)CC)c(O)c1C. The van der Waals surface area contributed by atoms with E-state index >= 15 is 0 Å². The number of phenols is 2. The maximum Gasteiger partial charge on any atom is 0.122 e. The van der Waals surface area contributed by atoms with Gasteiger partial charge in [-0.05, 0) is 103 Å². The van der Waals surface area contributed by atoms with Crippen LogP contribution in [0.3, 0.4) is 0 Å². The third kappa shape index (κ3) is 6.57. The van der Waals surface area contributed by atoms with Crippen molar-refractivity contribution < 1.29 is 10.2 Å². The first kappa shape index (κ1) is 30.5. The van der Waals surface area contributed by atoms with Gasteiger partial charge in [0.25, 0.3) is 0 Å². The predicted molar refractivity (Wildman–Crippen MR) is 162 cm³/mol. The van der Waals surface area contributed by atoms with Crippen LogP contribution < -0.4 is 0 Å². The highest BCUT2D eigenvalue weighted by molar-refractivity contribution is 5.51. The van der Waals surface area contributed by atoms with Gasteiger partial charge in [-0.3, -0.25) is 9.80 Å². The van der Waals surface area contributed by atoms with Gasteiger partial charge in [-0.15, -0.1) is 0 Å². The van der Waals surface area contributed by atoms with Crippen molar-refractivity contribution in [3.8, 4) is 11.5 Å². The fourth-order valence-corrected chi connectivity index (χ4v) is 6.21. The van der Waals surface area contributed by atoms with Crippen LogP contribution in [0, 0.1) is 27.7 Å². The number of aromatic hydroxyl groups is 2. The standard InChI is InChI=1S/C34H54N2O2/c1-10-13-14-28-19-35(20-31-24(6)17-29(22(4)11-2)33(37)26(31)8)15-16-36(28)21-32-25(7)18-30(23(5)12-3)34(38)27(32)9/h17-18,22-23,28,37-38H,10-16,19-21H2,1-9H3. The van der Waals surface area contributed by atoms with Crippen LogP contribution in [0.25, 0.3) is 0 Å². The monoisotopic (exact) mass is 522 g/mol. The number of benzene rings is 2. The second kappa shape index (κ2) is 13.3. The van der Waals surface area contributed by atoms with E-state index in [9.17, 15) is 10.2 Å². The van der Waals surface area contributed by atoms with E-state index in [1.54, 1.807) is 0 Å². The molecule has 1 heterocycles. The fraction of sp³-hybridized carbons (Fsp3) is 0.647. The van der Waals surface area contributed by atoms with Gasteiger partial charge >= 0.3 is 0 Å². The van der Waals surface area contributed by atoms with Crippen LogP contribution in [0.1, 0.15) is 123 Å². The molecular weight excluding hydrogens is 468 g/mol. The van der Waals surface area contributed by atoms with E-state index < -0.39 is 0 Å². The minimum Gasteiger partial charge on any atom is -0.507 e. The van der Waals surface area contributed by atoms with Gasteiger partial charge in [-0.2, -0.15) is 0 Å². The molecule has 3 rings (SSSR count). The third-order valence-electron chi connectivity index (χ3n) is 9.47. The van der Waals surface area contributed by atoms with Crippen LogP contribution in [0.4, 0.5) is 0 Å². The lowest BCUT2D eigenvalue weighted by molar-refractivity contribution is 0.0578. The van der Waals surface area contributed by atoms with Gasteiger partial charge in [-0.1, -0.05) is 59.6 Å². The van der Waals surface area contributed by atoms with Crippen molar-refractivity contribution in [3.05, 3.63) is 56.6 Å². The first-order valence-electron chi connectivity index (χ1n) is 15.1. The molecule has 0 aromatic heterocycles. The summed E-state index contributed by atoms with van der Waals surface area (Å²) in [7, 11) is 0. The number of aryl methyl sites for hydroxylation is 2. The summed E-state index contributed by atoms with van der Waals surface area (Å²) >= 11 is 0. The maximum absolute atomic E-state index is 11.0. The smallest absolute Gasteiger partial charge is 0.122 e. The Kier molecular flexibility index (Phi) is 10.7. The number of unbranched alkanes of at least 4 members (excludes halogenated alkanes) is 1. The van der Waals surface area contributed by atoms with E-state index in [1.807, 2.05) is 0 Å². The van der Waals surface area contributed by atoms with E-state index in [4.69, 9.17) is 0 Å². The normalized spacial score (nSPS) is 18.6. The van der Waals surface area contributed by atoms with Gasteiger partial charge in [0.15, 0.2) is 0 Å². The summed E-state index contributed by atoms with van der Waals surface area (Å²) in [5.41, 5.74) is 9.46. The molecule has 0 saturated carbocycles. The predicted octanol–water partition coefficient (Wildman–Crippen LogP) is 8.24. The molecular formula is C34H54N2O2. The van der Waals surface area contributed by atoms with E-state index in [0.717, 1.165) is 67.8 Å². The number of phenolic OH excluding ortho intramolecular Hbond substituents is 2. The topological polar surface area (TPSA) is 46.9 Å². The lowest BCUT2D eigenvalue weighted by Crippen LogP contribution is -2.52. The van der Waals surface area contributed by atoms with Crippen molar-refractivity contribution in [2.24, 2.45) is 0 Å². The Morgan fingerprint density at radius 1 is 0.789 bits per heavy atom. The summed E-state index contributed by atoms with van der Waals surface area (Å²) < 4.78 is 0. The highest BCUT2D eigenvalue weighted by Gasteiger charge is 2.29. The maximum atomic E-state index is 11.0. The lowest BCUT2D eigenvalue weighted by atomic mass is 9.89. The van der Waals surface area contributed by atoms with Crippen molar-refractivity contribution >= 4 is 0 Å². The molecule has 2 N–H and O–H groups in total. The second-order valence-electron chi connectivity index (χ2n) is 12.1. The fourth-order valence-electron chi connectivity index (χ4n) is 6.21. The number of hydrogen-bond donors (Lipinski definition) is 2. The molecule has 2 aromatic rings. The van der Waals surface area contributed by atoms with Crippen LogP contribution in [-0.4, -0.2) is 45.7 Å². The van der Waals surface area contributed by atoms with Crippen LogP contribution in [0.15, 0.2) is 12.1 Å². The number of piperazine rings is 1. The largest absolute Gasteiger partial charge is 0.507 e. The number of hydrogen-bond acceptors (Lipinski definition) is 4. The highest BCUT2D eigenvalue weighted by atomic mass is 16.3. The van der Waals surface area contributed by atoms with Gasteiger partial charge in [0.2, 0.25) is 0 Å². The molecule has 1 aliphatic heterocycles. The Balaban J connectivity index is 1.81. The van der Waals surface area contributed by atoms with Crippen molar-refractivity contribution in [2.75, 3.05) is 19.6 Å². The quantitative estimate of drug-likeness (QED) is 0.312. The molecule has 0 bridgehead atoms. The Morgan fingerprint density at radius 3 is 1.76 bits per heavy atom. The van der Waals surface area contributed by atoms with Gasteiger partial charge in [0.05, 0.1) is 0 Å². The van der Waals surface area contributed by atoms with Crippen molar-refractivity contribution in [2.45, 2.75) is 125 Å². The van der Waals surface area contributed by atoms with E-state index in [2.05, 4.69) is 84.2 Å². The molecule has 0 radical (unpaired) electrons. The van der Waals surface area contributed by atoms with Crippen LogP contribution >= 0.6 is 0 Å². The zero-order valence-corrected chi connectivity index (χ0v) is 25.7. The average molecular weight is 523 g/mol. The Hall–Kier alpha value is -2.04. The van der Waals surface area contributed by atoms with E-state index in [1.165, 1.54) is 41.5 Å². The summed E-state index contributed by atoms with van der Waals surface area (Å²) in [6.07, 6.45) is 5.69. The summed E-state index contributed by atoms with van der Waals surface area (Å²) in [5.74, 6) is 1.73. The summed E-state index contributed by atoms with van der Waals surface area (Å²) in [6, 6.07) is 4.94. The molecule has 0 spiro atoms. The molecule has 3 unspecified atom stereocenters. The molecule has 4 heteroatoms. The molecule has 1 saturated heterocycles. The molecule has 212 valence electrons. The Bertz CT molecular complexity index is 1090. The highest BCUT2D eigenvalue weighted by Crippen LogP contribution is 2.37. The van der Waals surface area contributed by atoms with Gasteiger partial charge in [0, 0.05) is 38.8 Å². The van der Waals surface area contributed by atoms with E-state index in [0.29, 0.717) is 29.4 Å². The van der Waals surface area contributed by atoms with E-state index in [-0.39, 0.29) is 0 Å². The van der Waals surface area contributed by atoms with Gasteiger partial charge in [0.1, 0.15) is 11.5 Å². The van der Waals surface area contributed by atoms with Gasteiger partial charge < -0.3 is 10.2 Å². The lowest BCUT2D eigenvalue weighted by Gasteiger charge is -2.42. The zero-order valence-electron chi connectivity index (χ0n) is 25.7. The van der Waals surface area contributed by atoms with Crippen LogP contribution in [-0.2, 0) is 13.1 Å². The molecule has 4 nitrogen and oxygen atoms in total. The summed E-state index contributed by atoms with van der Waals surface area (Å²) in [4.78, 5) is 5.25. The first-order chi connectivity index (χ1) is 18.0. The van der Waals surface area contributed by atoms with Crippen LogP contribution in [0.2, 0.25) is 0 Å². The molecule has 1 fully saturated rings. The number of nitrogens with zero attached hydrogens (tertiary/aromatic N) is 2. The summed E-state index contributed by atoms with van der Waals surface area (Å²) in [6.45, 7) is 24.5. The molecule has 2 aromatic carbocycles. The van der Waals surface area contributed by atoms with Crippen molar-refractivity contribution in [1.82, 2.24) is 9.80 Å². The average Bonchev–Trinajstić information content (AvgIpc) is 2.91. The molecule has 1 aliphatic rings. The van der Waals surface area contributed by atoms with Crippen molar-refractivity contribution in [1.29, 1.82) is 0 Å². The molecule has 0 amide bonds. The zero-order chi connectivity index (χ0) is 28.1. The van der Waals surface area contributed by atoms with Crippen molar-refractivity contribution in [3.63, 3.8) is 0 Å². The number of rotatable bonds is 11. The third-order valence-corrected chi connectivity index (χ3v) is 9.47. The minimum atomic E-state index is 0.368. The molecule has 38 heavy (non-hydrogen) atoms.